The summed E-state index contributed by atoms with van der Waals surface area (Å²) in [5.41, 5.74) is 7.01. The first kappa shape index (κ1) is 15.5. The van der Waals surface area contributed by atoms with Gasteiger partial charge in [-0.05, 0) is 72.9 Å². The SMILES string of the molecule is COc1ccc(CCNCCCC(C)N)cc1Br. The second kappa shape index (κ2) is 8.51. The summed E-state index contributed by atoms with van der Waals surface area (Å²) in [6.45, 7) is 4.09. The van der Waals surface area contributed by atoms with Crippen molar-refractivity contribution in [3.05, 3.63) is 28.2 Å². The molecule has 0 heterocycles. The third-order valence-electron chi connectivity index (χ3n) is 2.82. The van der Waals surface area contributed by atoms with Crippen LogP contribution < -0.4 is 15.8 Å². The highest BCUT2D eigenvalue weighted by atomic mass is 79.9. The van der Waals surface area contributed by atoms with Gasteiger partial charge in [0.05, 0.1) is 11.6 Å². The zero-order valence-corrected chi connectivity index (χ0v) is 12.8. The van der Waals surface area contributed by atoms with Crippen molar-refractivity contribution in [2.24, 2.45) is 5.73 Å². The van der Waals surface area contributed by atoms with E-state index in [2.05, 4.69) is 40.3 Å². The minimum absolute atomic E-state index is 0.310. The fraction of sp³-hybridized carbons (Fsp3) is 0.571. The van der Waals surface area contributed by atoms with Gasteiger partial charge in [0.2, 0.25) is 0 Å². The van der Waals surface area contributed by atoms with Crippen molar-refractivity contribution in [2.75, 3.05) is 20.2 Å². The van der Waals surface area contributed by atoms with Crippen LogP contribution in [0.5, 0.6) is 5.75 Å². The summed E-state index contributed by atoms with van der Waals surface area (Å²) >= 11 is 3.50. The summed E-state index contributed by atoms with van der Waals surface area (Å²) in [6, 6.07) is 6.52. The lowest BCUT2D eigenvalue weighted by molar-refractivity contribution is 0.412. The molecule has 0 bridgehead atoms. The number of hydrogen-bond donors (Lipinski definition) is 2. The van der Waals surface area contributed by atoms with Gasteiger partial charge in [-0.3, -0.25) is 0 Å². The Morgan fingerprint density at radius 1 is 1.39 bits per heavy atom. The molecule has 4 heteroatoms. The van der Waals surface area contributed by atoms with Crippen LogP contribution in [0.15, 0.2) is 22.7 Å². The van der Waals surface area contributed by atoms with E-state index in [1.807, 2.05) is 6.07 Å². The molecule has 0 saturated carbocycles. The van der Waals surface area contributed by atoms with E-state index >= 15 is 0 Å². The molecule has 0 aliphatic rings. The molecule has 0 aromatic heterocycles. The minimum Gasteiger partial charge on any atom is -0.496 e. The molecule has 0 aliphatic heterocycles. The van der Waals surface area contributed by atoms with Gasteiger partial charge < -0.3 is 15.8 Å². The lowest BCUT2D eigenvalue weighted by atomic mass is 10.1. The first-order valence-corrected chi connectivity index (χ1v) is 7.21. The molecule has 102 valence electrons. The average molecular weight is 315 g/mol. The molecule has 18 heavy (non-hydrogen) atoms. The number of benzene rings is 1. The fourth-order valence-electron chi connectivity index (χ4n) is 1.77. The van der Waals surface area contributed by atoms with Gasteiger partial charge in [-0.25, -0.2) is 0 Å². The third kappa shape index (κ3) is 5.85. The molecule has 0 amide bonds. The number of rotatable bonds is 8. The van der Waals surface area contributed by atoms with Gasteiger partial charge in [-0.1, -0.05) is 6.07 Å². The standard InChI is InChI=1S/C14H23BrN2O/c1-11(16)4-3-8-17-9-7-12-5-6-14(18-2)13(15)10-12/h5-6,10-11,17H,3-4,7-9,16H2,1-2H3. The highest BCUT2D eigenvalue weighted by Crippen LogP contribution is 2.25. The molecule has 3 nitrogen and oxygen atoms in total. The van der Waals surface area contributed by atoms with Crippen LogP contribution in [0.1, 0.15) is 25.3 Å². The quantitative estimate of drug-likeness (QED) is 0.725. The van der Waals surface area contributed by atoms with Crippen molar-refractivity contribution in [2.45, 2.75) is 32.2 Å². The average Bonchev–Trinajstić information content (AvgIpc) is 2.33. The smallest absolute Gasteiger partial charge is 0.133 e. The Hall–Kier alpha value is -0.580. The predicted octanol–water partition coefficient (Wildman–Crippen LogP) is 2.72. The van der Waals surface area contributed by atoms with E-state index in [1.165, 1.54) is 5.56 Å². The molecule has 0 spiro atoms. The lowest BCUT2D eigenvalue weighted by Gasteiger charge is -2.08. The van der Waals surface area contributed by atoms with Crippen LogP contribution in [0.3, 0.4) is 0 Å². The van der Waals surface area contributed by atoms with Crippen LogP contribution in [-0.4, -0.2) is 26.2 Å². The van der Waals surface area contributed by atoms with Gasteiger partial charge in [0.1, 0.15) is 5.75 Å². The Labute approximate surface area is 118 Å². The van der Waals surface area contributed by atoms with Gasteiger partial charge in [-0.15, -0.1) is 0 Å². The van der Waals surface area contributed by atoms with E-state index in [4.69, 9.17) is 10.5 Å². The maximum Gasteiger partial charge on any atom is 0.133 e. The summed E-state index contributed by atoms with van der Waals surface area (Å²) in [7, 11) is 1.68. The molecule has 1 atom stereocenters. The fourth-order valence-corrected chi connectivity index (χ4v) is 2.36. The molecule has 1 rings (SSSR count). The summed E-state index contributed by atoms with van der Waals surface area (Å²) in [5, 5.41) is 3.44. The van der Waals surface area contributed by atoms with Gasteiger partial charge in [0.25, 0.3) is 0 Å². The maximum atomic E-state index is 5.70. The van der Waals surface area contributed by atoms with Gasteiger partial charge in [0, 0.05) is 6.04 Å². The molecule has 1 aromatic rings. The lowest BCUT2D eigenvalue weighted by Crippen LogP contribution is -2.21. The number of methoxy groups -OCH3 is 1. The van der Waals surface area contributed by atoms with Crippen molar-refractivity contribution in [1.29, 1.82) is 0 Å². The van der Waals surface area contributed by atoms with Gasteiger partial charge in [-0.2, -0.15) is 0 Å². The number of ether oxygens (including phenoxy) is 1. The van der Waals surface area contributed by atoms with Crippen LogP contribution >= 0.6 is 15.9 Å². The number of nitrogens with two attached hydrogens (primary N) is 1. The Balaban J connectivity index is 2.21. The predicted molar refractivity (Wildman–Crippen MR) is 80.2 cm³/mol. The third-order valence-corrected chi connectivity index (χ3v) is 3.44. The van der Waals surface area contributed by atoms with Crippen LogP contribution in [0, 0.1) is 0 Å². The molecule has 0 saturated heterocycles. The molecule has 0 aliphatic carbocycles. The molecule has 1 aromatic carbocycles. The van der Waals surface area contributed by atoms with E-state index in [-0.39, 0.29) is 0 Å². The largest absolute Gasteiger partial charge is 0.496 e. The normalized spacial score (nSPS) is 12.4. The van der Waals surface area contributed by atoms with Crippen LogP contribution in [0.2, 0.25) is 0 Å². The van der Waals surface area contributed by atoms with E-state index in [0.717, 1.165) is 42.6 Å². The summed E-state index contributed by atoms with van der Waals surface area (Å²) < 4.78 is 6.22. The first-order chi connectivity index (χ1) is 8.63. The number of nitrogens with one attached hydrogen (secondary N) is 1. The zero-order chi connectivity index (χ0) is 13.4. The summed E-state index contributed by atoms with van der Waals surface area (Å²) in [4.78, 5) is 0. The molecule has 0 fully saturated rings. The summed E-state index contributed by atoms with van der Waals surface area (Å²) in [5.74, 6) is 0.878. The van der Waals surface area contributed by atoms with E-state index in [1.54, 1.807) is 7.11 Å². The molecule has 1 unspecified atom stereocenters. The van der Waals surface area contributed by atoms with Crippen molar-refractivity contribution in [1.82, 2.24) is 5.32 Å². The molecular weight excluding hydrogens is 292 g/mol. The highest BCUT2D eigenvalue weighted by molar-refractivity contribution is 9.10. The topological polar surface area (TPSA) is 47.3 Å². The Morgan fingerprint density at radius 2 is 2.17 bits per heavy atom. The Morgan fingerprint density at radius 3 is 2.78 bits per heavy atom. The summed E-state index contributed by atoms with van der Waals surface area (Å²) in [6.07, 6.45) is 3.26. The van der Waals surface area contributed by atoms with Gasteiger partial charge in [0.15, 0.2) is 0 Å². The number of hydrogen-bond acceptors (Lipinski definition) is 3. The maximum absolute atomic E-state index is 5.70. The Kier molecular flexibility index (Phi) is 7.32. The van der Waals surface area contributed by atoms with Crippen molar-refractivity contribution in [3.8, 4) is 5.75 Å². The van der Waals surface area contributed by atoms with Crippen molar-refractivity contribution >= 4 is 15.9 Å². The zero-order valence-electron chi connectivity index (χ0n) is 11.2. The minimum atomic E-state index is 0.310. The number of halogens is 1. The second-order valence-corrected chi connectivity index (χ2v) is 5.44. The van der Waals surface area contributed by atoms with E-state index in [9.17, 15) is 0 Å². The van der Waals surface area contributed by atoms with Crippen LogP contribution in [0.25, 0.3) is 0 Å². The monoisotopic (exact) mass is 314 g/mol. The molecule has 3 N–H and O–H groups in total. The van der Waals surface area contributed by atoms with Crippen molar-refractivity contribution < 1.29 is 4.74 Å². The first-order valence-electron chi connectivity index (χ1n) is 6.42. The van der Waals surface area contributed by atoms with Gasteiger partial charge >= 0.3 is 0 Å². The van der Waals surface area contributed by atoms with Crippen LogP contribution in [0.4, 0.5) is 0 Å². The van der Waals surface area contributed by atoms with Crippen LogP contribution in [-0.2, 0) is 6.42 Å². The molecular formula is C14H23BrN2O. The second-order valence-electron chi connectivity index (χ2n) is 4.59. The van der Waals surface area contributed by atoms with E-state index < -0.39 is 0 Å². The highest BCUT2D eigenvalue weighted by Gasteiger charge is 2.01. The molecule has 0 radical (unpaired) electrons. The van der Waals surface area contributed by atoms with Crippen molar-refractivity contribution in [3.63, 3.8) is 0 Å². The van der Waals surface area contributed by atoms with E-state index in [0.29, 0.717) is 6.04 Å². The Bertz CT molecular complexity index is 356.